The first-order valence-electron chi connectivity index (χ1n) is 15.1. The lowest BCUT2D eigenvalue weighted by Gasteiger charge is -2.39. The van der Waals surface area contributed by atoms with Crippen molar-refractivity contribution >= 4 is 49.2 Å². The van der Waals surface area contributed by atoms with Crippen LogP contribution in [0, 0.1) is 23.0 Å². The van der Waals surface area contributed by atoms with E-state index in [1.807, 2.05) is 11.0 Å². The van der Waals surface area contributed by atoms with E-state index in [1.54, 1.807) is 7.11 Å². The van der Waals surface area contributed by atoms with Crippen LogP contribution in [0.2, 0.25) is 0 Å². The smallest absolute Gasteiger partial charge is 0.409 e. The molecule has 1 aromatic carbocycles. The summed E-state index contributed by atoms with van der Waals surface area (Å²) in [5.74, 6) is -1.14. The van der Waals surface area contributed by atoms with Gasteiger partial charge in [-0.05, 0) is 30.5 Å². The van der Waals surface area contributed by atoms with Crippen molar-refractivity contribution in [2.75, 3.05) is 50.1 Å². The average Bonchev–Trinajstić information content (AvgIpc) is 3.79. The van der Waals surface area contributed by atoms with Gasteiger partial charge in [0.15, 0.2) is 11.6 Å². The van der Waals surface area contributed by atoms with Crippen LogP contribution in [-0.4, -0.2) is 88.8 Å². The standard InChI is InChI=1S/C31H28F3N7O5S/c1-44-15-9-40(10-15)27-22-18-12-45-11-17(18)20(24-21-16(6-35)28(39-30(42)43)47-26(21)19(33)7-36-24)23(34)25(22)37-29(38-27)46-13-31-3-2-4-41(31)8-14(32)5-31/h7,14-15,39H,2-5,8-13H2,1H3,(H,42,43)/t14-,31+/m1/s1. The molecule has 4 aliphatic heterocycles. The number of nitriles is 1. The Labute approximate surface area is 269 Å². The van der Waals surface area contributed by atoms with Crippen molar-refractivity contribution in [3.63, 3.8) is 0 Å². The average molecular weight is 668 g/mol. The summed E-state index contributed by atoms with van der Waals surface area (Å²) in [6.07, 6.45) is 0.513. The van der Waals surface area contributed by atoms with Gasteiger partial charge in [-0.2, -0.15) is 15.2 Å². The minimum Gasteiger partial charge on any atom is -0.465 e. The van der Waals surface area contributed by atoms with E-state index in [1.165, 1.54) is 0 Å². The Bertz CT molecular complexity index is 2020. The summed E-state index contributed by atoms with van der Waals surface area (Å²) in [7, 11) is 1.62. The molecule has 16 heteroatoms. The molecule has 0 aliphatic carbocycles. The number of fused-ring (bicyclic) bond motifs is 5. The highest BCUT2D eigenvalue weighted by molar-refractivity contribution is 7.23. The largest absolute Gasteiger partial charge is 0.465 e. The van der Waals surface area contributed by atoms with Crippen molar-refractivity contribution in [3.05, 3.63) is 34.5 Å². The molecule has 2 atom stereocenters. The molecular weight excluding hydrogens is 639 g/mol. The van der Waals surface area contributed by atoms with Crippen LogP contribution in [-0.2, 0) is 22.7 Å². The number of hydrogen-bond donors (Lipinski definition) is 2. The number of pyridine rings is 1. The second kappa shape index (κ2) is 11.2. The van der Waals surface area contributed by atoms with Gasteiger partial charge in [-0.1, -0.05) is 0 Å². The molecule has 3 saturated heterocycles. The highest BCUT2D eigenvalue weighted by atomic mass is 32.1. The molecule has 0 unspecified atom stereocenters. The fourth-order valence-corrected chi connectivity index (χ4v) is 8.53. The van der Waals surface area contributed by atoms with E-state index in [9.17, 15) is 19.6 Å². The number of anilines is 2. The summed E-state index contributed by atoms with van der Waals surface area (Å²) in [5.41, 5.74) is 0.259. The first kappa shape index (κ1) is 30.1. The number of nitrogens with one attached hydrogen (secondary N) is 1. The van der Waals surface area contributed by atoms with Crippen LogP contribution in [0.1, 0.15) is 36.0 Å². The Morgan fingerprint density at radius 3 is 2.83 bits per heavy atom. The highest BCUT2D eigenvalue weighted by Crippen LogP contribution is 2.48. The van der Waals surface area contributed by atoms with Crippen LogP contribution < -0.4 is 15.0 Å². The lowest BCUT2D eigenvalue weighted by molar-refractivity contribution is 0.0781. The Hall–Kier alpha value is -4.30. The van der Waals surface area contributed by atoms with Gasteiger partial charge in [-0.15, -0.1) is 11.3 Å². The van der Waals surface area contributed by atoms with Gasteiger partial charge in [0.05, 0.1) is 52.4 Å². The van der Waals surface area contributed by atoms with Gasteiger partial charge < -0.3 is 24.2 Å². The van der Waals surface area contributed by atoms with Gasteiger partial charge in [0.25, 0.3) is 0 Å². The van der Waals surface area contributed by atoms with E-state index in [4.69, 9.17) is 19.2 Å². The number of benzene rings is 1. The SMILES string of the molecule is COC1CN(c2nc(OC[C@@]34CCCN3C[C@H](F)C4)nc3c(F)c(-c4ncc(F)c5sc(NC(=O)O)c(C#N)c45)c4c(c23)COC4)C1. The topological polar surface area (TPSA) is 146 Å². The van der Waals surface area contributed by atoms with Gasteiger partial charge >= 0.3 is 12.1 Å². The number of methoxy groups -OCH3 is 1. The maximum atomic E-state index is 17.2. The molecule has 0 spiro atoms. The zero-order chi connectivity index (χ0) is 32.6. The van der Waals surface area contributed by atoms with Crippen LogP contribution >= 0.6 is 11.3 Å². The van der Waals surface area contributed by atoms with Gasteiger partial charge in [0, 0.05) is 44.1 Å². The molecule has 47 heavy (non-hydrogen) atoms. The van der Waals surface area contributed by atoms with Crippen LogP contribution in [0.4, 0.5) is 28.8 Å². The maximum absolute atomic E-state index is 17.2. The first-order chi connectivity index (χ1) is 22.7. The van der Waals surface area contributed by atoms with Crippen LogP contribution in [0.3, 0.4) is 0 Å². The van der Waals surface area contributed by atoms with Gasteiger partial charge in [0.1, 0.15) is 35.2 Å². The van der Waals surface area contributed by atoms with Crippen LogP contribution in [0.25, 0.3) is 32.2 Å². The Morgan fingerprint density at radius 1 is 1.26 bits per heavy atom. The molecule has 2 N–H and O–H groups in total. The molecule has 244 valence electrons. The molecule has 4 aromatic rings. The number of ether oxygens (including phenoxy) is 3. The number of carboxylic acid groups (broad SMARTS) is 1. The number of rotatable bonds is 7. The molecule has 1 amide bonds. The summed E-state index contributed by atoms with van der Waals surface area (Å²) >= 11 is 0.724. The normalized spacial score (nSPS) is 22.4. The third-order valence-corrected chi connectivity index (χ3v) is 10.8. The second-order valence-electron chi connectivity index (χ2n) is 12.3. The molecule has 8 rings (SSSR count). The number of amides is 1. The predicted octanol–water partition coefficient (Wildman–Crippen LogP) is 4.97. The predicted molar refractivity (Wildman–Crippen MR) is 164 cm³/mol. The number of nitrogens with zero attached hydrogens (tertiary/aromatic N) is 6. The number of carbonyl (C=O) groups is 1. The van der Waals surface area contributed by atoms with E-state index < -0.39 is 29.4 Å². The summed E-state index contributed by atoms with van der Waals surface area (Å²) in [4.78, 5) is 29.1. The first-order valence-corrected chi connectivity index (χ1v) is 16.0. The summed E-state index contributed by atoms with van der Waals surface area (Å²) in [6, 6.07) is 1.87. The third-order valence-electron chi connectivity index (χ3n) is 9.71. The molecule has 7 heterocycles. The summed E-state index contributed by atoms with van der Waals surface area (Å²) in [6.45, 7) is 2.38. The zero-order valence-corrected chi connectivity index (χ0v) is 25.9. The molecule has 0 radical (unpaired) electrons. The molecule has 3 aromatic heterocycles. The number of hydrogen-bond acceptors (Lipinski definition) is 11. The van der Waals surface area contributed by atoms with E-state index in [0.717, 1.165) is 36.9 Å². The van der Waals surface area contributed by atoms with E-state index in [-0.39, 0.29) is 69.4 Å². The molecule has 0 bridgehead atoms. The number of aromatic nitrogens is 3. The Kier molecular flexibility index (Phi) is 7.13. The molecule has 3 fully saturated rings. The second-order valence-corrected chi connectivity index (χ2v) is 13.3. The lowest BCUT2D eigenvalue weighted by atomic mass is 9.93. The molecule has 12 nitrogen and oxygen atoms in total. The number of thiophene rings is 1. The molecule has 0 saturated carbocycles. The third kappa shape index (κ3) is 4.66. The fourth-order valence-electron chi connectivity index (χ4n) is 7.49. The van der Waals surface area contributed by atoms with E-state index in [0.29, 0.717) is 48.4 Å². The van der Waals surface area contributed by atoms with Crippen molar-refractivity contribution < 1.29 is 37.3 Å². The highest BCUT2D eigenvalue weighted by Gasteiger charge is 2.49. The van der Waals surface area contributed by atoms with Gasteiger partial charge in [0.2, 0.25) is 0 Å². The lowest BCUT2D eigenvalue weighted by Crippen LogP contribution is -2.52. The maximum Gasteiger partial charge on any atom is 0.409 e. The van der Waals surface area contributed by atoms with E-state index >= 15 is 8.78 Å². The Balaban J connectivity index is 1.32. The molecule has 4 aliphatic rings. The van der Waals surface area contributed by atoms with Crippen molar-refractivity contribution in [2.24, 2.45) is 0 Å². The van der Waals surface area contributed by atoms with Crippen LogP contribution in [0.15, 0.2) is 6.20 Å². The zero-order valence-electron chi connectivity index (χ0n) is 25.1. The van der Waals surface area contributed by atoms with Crippen molar-refractivity contribution in [2.45, 2.75) is 50.3 Å². The Morgan fingerprint density at radius 2 is 2.06 bits per heavy atom. The summed E-state index contributed by atoms with van der Waals surface area (Å²) in [5, 5.41) is 21.8. The number of halogens is 3. The van der Waals surface area contributed by atoms with Crippen molar-refractivity contribution in [1.29, 1.82) is 5.26 Å². The van der Waals surface area contributed by atoms with Gasteiger partial charge in [-0.25, -0.2) is 18.0 Å². The molecular formula is C31H28F3N7O5S. The monoisotopic (exact) mass is 667 g/mol. The van der Waals surface area contributed by atoms with Gasteiger partial charge in [-0.3, -0.25) is 15.2 Å². The minimum atomic E-state index is -1.44. The van der Waals surface area contributed by atoms with Crippen LogP contribution in [0.5, 0.6) is 6.01 Å². The van der Waals surface area contributed by atoms with Crippen molar-refractivity contribution in [1.82, 2.24) is 19.9 Å². The number of alkyl halides is 1. The fraction of sp³-hybridized carbons (Fsp3) is 0.452. The summed E-state index contributed by atoms with van der Waals surface area (Å²) < 4.78 is 64.1. The van der Waals surface area contributed by atoms with E-state index in [2.05, 4.69) is 20.2 Å². The minimum absolute atomic E-state index is 0.00543. The van der Waals surface area contributed by atoms with Crippen molar-refractivity contribution in [3.8, 4) is 23.3 Å². The quantitative estimate of drug-likeness (QED) is 0.276.